The van der Waals surface area contributed by atoms with Crippen molar-refractivity contribution in [3.05, 3.63) is 65.5 Å². The number of carbonyl (C=O) groups excluding carboxylic acids is 1. The van der Waals surface area contributed by atoms with Gasteiger partial charge in [-0.1, -0.05) is 0 Å². The lowest BCUT2D eigenvalue weighted by atomic mass is 10.0. The van der Waals surface area contributed by atoms with E-state index in [0.717, 1.165) is 63.5 Å². The number of benzene rings is 1. The van der Waals surface area contributed by atoms with Crippen LogP contribution in [0, 0.1) is 11.6 Å². The topological polar surface area (TPSA) is 64.3 Å². The summed E-state index contributed by atoms with van der Waals surface area (Å²) in [6, 6.07) is 7.63. The molecule has 3 saturated heterocycles. The van der Waals surface area contributed by atoms with Crippen molar-refractivity contribution >= 4 is 17.1 Å². The fourth-order valence-corrected chi connectivity index (χ4v) is 6.19. The number of aliphatic hydroxyl groups is 1. The Kier molecular flexibility index (Phi) is 6.13. The lowest BCUT2D eigenvalue weighted by molar-refractivity contribution is 0.0629. The standard InChI is InChI=1S/C27H31F2N5O2/c28-18-3-4-24(29)22(14-18)25-2-1-9-33(25)20-7-13-34-26(15-20)23(16-30-34)27(36)31-10-5-19(6-11-31)32-12-8-21(35)17-32/h3-4,7,13-16,19,21,25,35H,1-2,5-6,8-12,17H2. The first-order valence-electron chi connectivity index (χ1n) is 12.9. The van der Waals surface area contributed by atoms with Crippen LogP contribution in [0.5, 0.6) is 0 Å². The average molecular weight is 496 g/mol. The average Bonchev–Trinajstić information content (AvgIpc) is 3.64. The van der Waals surface area contributed by atoms with Gasteiger partial charge in [-0.25, -0.2) is 13.3 Å². The fraction of sp³-hybridized carbons (Fsp3) is 0.481. The van der Waals surface area contributed by atoms with E-state index in [2.05, 4.69) is 14.9 Å². The number of rotatable bonds is 4. The zero-order chi connectivity index (χ0) is 24.8. The molecule has 6 rings (SSSR count). The fourth-order valence-electron chi connectivity index (χ4n) is 6.19. The van der Waals surface area contributed by atoms with E-state index >= 15 is 0 Å². The number of carbonyl (C=O) groups is 1. The smallest absolute Gasteiger partial charge is 0.257 e. The SMILES string of the molecule is O=C(c1cnn2ccc(N3CCCC3c3cc(F)ccc3F)cc12)N1CCC(N2CCC(O)C2)CC1. The summed E-state index contributed by atoms with van der Waals surface area (Å²) in [5.41, 5.74) is 2.51. The maximum absolute atomic E-state index is 14.6. The molecule has 2 aromatic heterocycles. The number of fused-ring (bicyclic) bond motifs is 1. The molecule has 0 radical (unpaired) electrons. The van der Waals surface area contributed by atoms with E-state index in [-0.39, 0.29) is 18.1 Å². The van der Waals surface area contributed by atoms with Crippen molar-refractivity contribution < 1.29 is 18.7 Å². The van der Waals surface area contributed by atoms with E-state index in [4.69, 9.17) is 0 Å². The first kappa shape index (κ1) is 23.4. The summed E-state index contributed by atoms with van der Waals surface area (Å²) in [5.74, 6) is -0.875. The molecule has 0 spiro atoms. The summed E-state index contributed by atoms with van der Waals surface area (Å²) >= 11 is 0. The number of β-amino-alcohol motifs (C(OH)–C–C–N with tert-alkyl or cyclic N) is 1. The molecule has 9 heteroatoms. The normalized spacial score (nSPS) is 23.8. The predicted octanol–water partition coefficient (Wildman–Crippen LogP) is 3.63. The van der Waals surface area contributed by atoms with Crippen LogP contribution in [0.1, 0.15) is 54.1 Å². The second kappa shape index (κ2) is 9.44. The van der Waals surface area contributed by atoms with Gasteiger partial charge in [0.1, 0.15) is 11.6 Å². The number of pyridine rings is 1. The zero-order valence-electron chi connectivity index (χ0n) is 20.2. The number of halogens is 2. The highest BCUT2D eigenvalue weighted by Crippen LogP contribution is 2.38. The third-order valence-corrected chi connectivity index (χ3v) is 8.10. The van der Waals surface area contributed by atoms with Crippen molar-refractivity contribution in [1.82, 2.24) is 19.4 Å². The summed E-state index contributed by atoms with van der Waals surface area (Å²) in [6.45, 7) is 3.74. The maximum atomic E-state index is 14.6. The minimum Gasteiger partial charge on any atom is -0.392 e. The Bertz CT molecular complexity index is 1270. The van der Waals surface area contributed by atoms with Crippen molar-refractivity contribution in [3.63, 3.8) is 0 Å². The summed E-state index contributed by atoms with van der Waals surface area (Å²) in [7, 11) is 0. The molecule has 3 aliphatic heterocycles. The molecule has 7 nitrogen and oxygen atoms in total. The molecule has 0 aliphatic carbocycles. The summed E-state index contributed by atoms with van der Waals surface area (Å²) < 4.78 is 30.2. The lowest BCUT2D eigenvalue weighted by Crippen LogP contribution is -2.46. The van der Waals surface area contributed by atoms with Crippen molar-refractivity contribution in [2.75, 3.05) is 37.6 Å². The van der Waals surface area contributed by atoms with Gasteiger partial charge in [0, 0.05) is 56.2 Å². The molecule has 1 N–H and O–H groups in total. The summed E-state index contributed by atoms with van der Waals surface area (Å²) in [5, 5.41) is 14.2. The molecule has 36 heavy (non-hydrogen) atoms. The number of likely N-dealkylation sites (tertiary alicyclic amines) is 2. The first-order valence-corrected chi connectivity index (χ1v) is 12.9. The molecule has 190 valence electrons. The van der Waals surface area contributed by atoms with Crippen LogP contribution in [0.2, 0.25) is 0 Å². The van der Waals surface area contributed by atoms with Gasteiger partial charge in [-0.2, -0.15) is 5.10 Å². The predicted molar refractivity (Wildman–Crippen MR) is 132 cm³/mol. The minimum absolute atomic E-state index is 0.0313. The Balaban J connectivity index is 1.22. The number of nitrogens with zero attached hydrogens (tertiary/aromatic N) is 5. The molecule has 1 amide bonds. The Morgan fingerprint density at radius 1 is 1.00 bits per heavy atom. The summed E-state index contributed by atoms with van der Waals surface area (Å²) in [4.78, 5) is 19.8. The van der Waals surface area contributed by atoms with Gasteiger partial charge in [0.05, 0.1) is 29.4 Å². The molecule has 2 unspecified atom stereocenters. The van der Waals surface area contributed by atoms with E-state index in [9.17, 15) is 18.7 Å². The monoisotopic (exact) mass is 495 g/mol. The van der Waals surface area contributed by atoms with E-state index < -0.39 is 11.6 Å². The van der Waals surface area contributed by atoms with Gasteiger partial charge in [-0.05, 0) is 62.4 Å². The Morgan fingerprint density at radius 2 is 1.83 bits per heavy atom. The van der Waals surface area contributed by atoms with Crippen LogP contribution in [0.3, 0.4) is 0 Å². The van der Waals surface area contributed by atoms with Gasteiger partial charge in [-0.3, -0.25) is 9.69 Å². The number of amides is 1. The first-order chi connectivity index (χ1) is 17.5. The van der Waals surface area contributed by atoms with Crippen LogP contribution in [0.4, 0.5) is 14.5 Å². The molecule has 2 atom stereocenters. The Hall–Kier alpha value is -3.04. The van der Waals surface area contributed by atoms with Gasteiger partial charge in [0.25, 0.3) is 5.91 Å². The highest BCUT2D eigenvalue weighted by atomic mass is 19.1. The van der Waals surface area contributed by atoms with Gasteiger partial charge < -0.3 is 14.9 Å². The zero-order valence-corrected chi connectivity index (χ0v) is 20.2. The number of anilines is 1. The van der Waals surface area contributed by atoms with E-state index in [0.29, 0.717) is 35.8 Å². The molecule has 1 aromatic carbocycles. The number of hydrogen-bond acceptors (Lipinski definition) is 5. The molecule has 3 fully saturated rings. The largest absolute Gasteiger partial charge is 0.392 e. The number of piperidine rings is 1. The summed E-state index contributed by atoms with van der Waals surface area (Å²) in [6.07, 6.45) is 7.45. The maximum Gasteiger partial charge on any atom is 0.257 e. The molecule has 5 heterocycles. The van der Waals surface area contributed by atoms with E-state index in [1.54, 1.807) is 10.7 Å². The number of aliphatic hydroxyl groups excluding tert-OH is 1. The molecular formula is C27H31F2N5O2. The van der Waals surface area contributed by atoms with Crippen LogP contribution in [-0.4, -0.2) is 75.3 Å². The second-order valence-corrected chi connectivity index (χ2v) is 10.3. The van der Waals surface area contributed by atoms with E-state index in [1.165, 1.54) is 12.1 Å². The molecule has 0 saturated carbocycles. The highest BCUT2D eigenvalue weighted by Gasteiger charge is 2.33. The minimum atomic E-state index is -0.443. The van der Waals surface area contributed by atoms with Crippen molar-refractivity contribution in [1.29, 1.82) is 0 Å². The number of hydrogen-bond donors (Lipinski definition) is 1. The van der Waals surface area contributed by atoms with Crippen molar-refractivity contribution in [2.24, 2.45) is 0 Å². The van der Waals surface area contributed by atoms with Crippen LogP contribution in [0.25, 0.3) is 5.52 Å². The Labute approximate surface area is 208 Å². The molecule has 0 bridgehead atoms. The van der Waals surface area contributed by atoms with E-state index in [1.807, 2.05) is 23.2 Å². The van der Waals surface area contributed by atoms with Gasteiger partial charge >= 0.3 is 0 Å². The van der Waals surface area contributed by atoms with Crippen molar-refractivity contribution in [2.45, 2.75) is 50.3 Å². The molecule has 3 aromatic rings. The molecular weight excluding hydrogens is 464 g/mol. The van der Waals surface area contributed by atoms with Gasteiger partial charge in [0.2, 0.25) is 0 Å². The third kappa shape index (κ3) is 4.24. The van der Waals surface area contributed by atoms with Crippen LogP contribution < -0.4 is 4.90 Å². The van der Waals surface area contributed by atoms with Gasteiger partial charge in [0.15, 0.2) is 0 Å². The number of aromatic nitrogens is 2. The third-order valence-electron chi connectivity index (χ3n) is 8.10. The highest BCUT2D eigenvalue weighted by molar-refractivity contribution is 6.01. The van der Waals surface area contributed by atoms with Crippen LogP contribution in [0.15, 0.2) is 42.7 Å². The van der Waals surface area contributed by atoms with Gasteiger partial charge in [-0.15, -0.1) is 0 Å². The molecule has 3 aliphatic rings. The second-order valence-electron chi connectivity index (χ2n) is 10.3. The van der Waals surface area contributed by atoms with Crippen LogP contribution >= 0.6 is 0 Å². The quantitative estimate of drug-likeness (QED) is 0.599. The van der Waals surface area contributed by atoms with Crippen molar-refractivity contribution in [3.8, 4) is 0 Å². The van der Waals surface area contributed by atoms with Crippen LogP contribution in [-0.2, 0) is 0 Å². The lowest BCUT2D eigenvalue weighted by Gasteiger charge is -2.36. The Morgan fingerprint density at radius 3 is 2.61 bits per heavy atom.